The largest absolute Gasteiger partial charge is 0.466 e. The van der Waals surface area contributed by atoms with Gasteiger partial charge in [-0.1, -0.05) is 53.7 Å². The zero-order valence-electron chi connectivity index (χ0n) is 18.3. The highest BCUT2D eigenvalue weighted by atomic mass is 16.6. The van der Waals surface area contributed by atoms with Gasteiger partial charge in [-0.25, -0.2) is 0 Å². The number of carbonyl (C=O) groups excluding carboxylic acids is 1. The van der Waals surface area contributed by atoms with Gasteiger partial charge in [-0.05, 0) is 51.3 Å². The van der Waals surface area contributed by atoms with Gasteiger partial charge in [-0.2, -0.15) is 0 Å². The molecule has 1 aliphatic heterocycles. The molecule has 5 nitrogen and oxygen atoms in total. The monoisotopic (exact) mass is 408 g/mol. The lowest BCUT2D eigenvalue weighted by atomic mass is 9.95. The van der Waals surface area contributed by atoms with Gasteiger partial charge in [0, 0.05) is 24.2 Å². The van der Waals surface area contributed by atoms with Gasteiger partial charge in [-0.15, -0.1) is 0 Å². The first kappa shape index (κ1) is 22.0. The van der Waals surface area contributed by atoms with E-state index in [-0.39, 0.29) is 11.9 Å². The zero-order chi connectivity index (χ0) is 21.3. The van der Waals surface area contributed by atoms with Crippen LogP contribution in [0.25, 0.3) is 0 Å². The van der Waals surface area contributed by atoms with Crippen LogP contribution in [0.4, 0.5) is 0 Å². The van der Waals surface area contributed by atoms with Gasteiger partial charge in [0.15, 0.2) is 0 Å². The molecule has 0 spiro atoms. The SMILES string of the molecule is CCOC(=O)[C@H]1CCCN(CCON=C(c2ccccc2C)c2ccccc2C)C1. The summed E-state index contributed by atoms with van der Waals surface area (Å²) in [6.07, 6.45) is 1.91. The third-order valence-electron chi connectivity index (χ3n) is 5.58. The van der Waals surface area contributed by atoms with E-state index in [1.807, 2.05) is 31.2 Å². The topological polar surface area (TPSA) is 51.1 Å². The fraction of sp³-hybridized carbons (Fsp3) is 0.440. The Morgan fingerprint density at radius 2 is 1.70 bits per heavy atom. The fourth-order valence-electron chi connectivity index (χ4n) is 3.91. The van der Waals surface area contributed by atoms with Crippen molar-refractivity contribution in [2.24, 2.45) is 11.1 Å². The van der Waals surface area contributed by atoms with Crippen LogP contribution in [-0.2, 0) is 14.4 Å². The predicted molar refractivity (Wildman–Crippen MR) is 120 cm³/mol. The number of hydrogen-bond acceptors (Lipinski definition) is 5. The van der Waals surface area contributed by atoms with E-state index < -0.39 is 0 Å². The smallest absolute Gasteiger partial charge is 0.310 e. The number of nitrogens with zero attached hydrogens (tertiary/aromatic N) is 2. The van der Waals surface area contributed by atoms with Crippen molar-refractivity contribution in [3.05, 3.63) is 70.8 Å². The van der Waals surface area contributed by atoms with Crippen molar-refractivity contribution in [3.63, 3.8) is 0 Å². The van der Waals surface area contributed by atoms with E-state index in [1.54, 1.807) is 0 Å². The van der Waals surface area contributed by atoms with Crippen LogP contribution in [-0.4, -0.2) is 49.4 Å². The minimum Gasteiger partial charge on any atom is -0.466 e. The molecule has 2 aromatic rings. The number of piperidine rings is 1. The van der Waals surface area contributed by atoms with Gasteiger partial charge in [0.1, 0.15) is 12.3 Å². The highest BCUT2D eigenvalue weighted by Gasteiger charge is 2.26. The molecule has 1 saturated heterocycles. The third-order valence-corrected chi connectivity index (χ3v) is 5.58. The number of benzene rings is 2. The molecule has 0 bridgehead atoms. The van der Waals surface area contributed by atoms with Crippen molar-refractivity contribution in [3.8, 4) is 0 Å². The normalized spacial score (nSPS) is 16.7. The molecule has 1 atom stereocenters. The number of aryl methyl sites for hydroxylation is 2. The predicted octanol–water partition coefficient (Wildman–Crippen LogP) is 4.35. The Morgan fingerprint density at radius 1 is 1.07 bits per heavy atom. The number of oxime groups is 1. The standard InChI is InChI=1S/C25H32N2O3/c1-4-29-25(28)21-12-9-15-27(18-21)16-17-30-26-24(22-13-7-5-10-19(22)2)23-14-8-6-11-20(23)3/h5-8,10-11,13-14,21H,4,9,12,15-18H2,1-3H3/t21-/m0/s1. The van der Waals surface area contributed by atoms with Crippen molar-refractivity contribution >= 4 is 11.7 Å². The maximum absolute atomic E-state index is 12.0. The molecular weight excluding hydrogens is 376 g/mol. The Hall–Kier alpha value is -2.66. The van der Waals surface area contributed by atoms with Crippen molar-refractivity contribution in [2.45, 2.75) is 33.6 Å². The lowest BCUT2D eigenvalue weighted by Gasteiger charge is -2.30. The zero-order valence-corrected chi connectivity index (χ0v) is 18.3. The summed E-state index contributed by atoms with van der Waals surface area (Å²) in [5, 5.41) is 4.55. The van der Waals surface area contributed by atoms with Gasteiger partial charge >= 0.3 is 5.97 Å². The van der Waals surface area contributed by atoms with Crippen molar-refractivity contribution < 1.29 is 14.4 Å². The van der Waals surface area contributed by atoms with Gasteiger partial charge in [0.05, 0.1) is 12.5 Å². The summed E-state index contributed by atoms with van der Waals surface area (Å²) in [5.74, 6) is -0.112. The van der Waals surface area contributed by atoms with Gasteiger partial charge in [0.2, 0.25) is 0 Å². The molecule has 0 amide bonds. The molecule has 0 N–H and O–H groups in total. The molecular formula is C25H32N2O3. The second-order valence-corrected chi connectivity index (χ2v) is 7.79. The Kier molecular flexibility index (Phi) is 8.03. The maximum atomic E-state index is 12.0. The molecule has 0 radical (unpaired) electrons. The second-order valence-electron chi connectivity index (χ2n) is 7.79. The number of esters is 1. The molecule has 1 aliphatic rings. The molecule has 1 fully saturated rings. The molecule has 1 heterocycles. The summed E-state index contributed by atoms with van der Waals surface area (Å²) in [6, 6.07) is 16.5. The second kappa shape index (κ2) is 10.9. The van der Waals surface area contributed by atoms with Gasteiger partial charge in [0.25, 0.3) is 0 Å². The Bertz CT molecular complexity index is 831. The molecule has 5 heteroatoms. The molecule has 0 saturated carbocycles. The molecule has 2 aromatic carbocycles. The first-order valence-electron chi connectivity index (χ1n) is 10.8. The number of ether oxygens (including phenoxy) is 1. The van der Waals surface area contributed by atoms with Crippen LogP contribution in [0.5, 0.6) is 0 Å². The average molecular weight is 409 g/mol. The fourth-order valence-corrected chi connectivity index (χ4v) is 3.91. The van der Waals surface area contributed by atoms with Crippen LogP contribution >= 0.6 is 0 Å². The summed E-state index contributed by atoms with van der Waals surface area (Å²) in [5.41, 5.74) is 5.33. The van der Waals surface area contributed by atoms with Crippen molar-refractivity contribution in [1.29, 1.82) is 0 Å². The average Bonchev–Trinajstić information content (AvgIpc) is 2.76. The minimum absolute atomic E-state index is 0.0308. The summed E-state index contributed by atoms with van der Waals surface area (Å²) >= 11 is 0. The van der Waals surface area contributed by atoms with Crippen LogP contribution in [0.15, 0.2) is 53.7 Å². The lowest BCUT2D eigenvalue weighted by Crippen LogP contribution is -2.40. The molecule has 0 unspecified atom stereocenters. The molecule has 3 rings (SSSR count). The van der Waals surface area contributed by atoms with Crippen molar-refractivity contribution in [1.82, 2.24) is 4.90 Å². The Morgan fingerprint density at radius 3 is 2.30 bits per heavy atom. The molecule has 160 valence electrons. The van der Waals surface area contributed by atoms with E-state index in [1.165, 1.54) is 0 Å². The van der Waals surface area contributed by atoms with E-state index in [2.05, 4.69) is 48.2 Å². The third kappa shape index (κ3) is 5.70. The van der Waals surface area contributed by atoms with E-state index >= 15 is 0 Å². The first-order valence-corrected chi connectivity index (χ1v) is 10.8. The van der Waals surface area contributed by atoms with E-state index in [0.717, 1.165) is 60.4 Å². The van der Waals surface area contributed by atoms with Crippen LogP contribution in [0.1, 0.15) is 42.0 Å². The highest BCUT2D eigenvalue weighted by molar-refractivity contribution is 6.14. The summed E-state index contributed by atoms with van der Waals surface area (Å²) < 4.78 is 5.19. The Labute approximate surface area is 179 Å². The lowest BCUT2D eigenvalue weighted by molar-refractivity contribution is -0.150. The molecule has 0 aromatic heterocycles. The summed E-state index contributed by atoms with van der Waals surface area (Å²) in [6.45, 7) is 9.40. The summed E-state index contributed by atoms with van der Waals surface area (Å²) in [4.78, 5) is 20.1. The van der Waals surface area contributed by atoms with E-state index in [9.17, 15) is 4.79 Å². The number of rotatable bonds is 8. The quantitative estimate of drug-likeness (QED) is 0.282. The Balaban J connectivity index is 1.66. The molecule has 0 aliphatic carbocycles. The van der Waals surface area contributed by atoms with Crippen molar-refractivity contribution in [2.75, 3.05) is 32.8 Å². The maximum Gasteiger partial charge on any atom is 0.310 e. The van der Waals surface area contributed by atoms with E-state index in [0.29, 0.717) is 13.2 Å². The molecule has 30 heavy (non-hydrogen) atoms. The first-order chi connectivity index (χ1) is 14.6. The van der Waals surface area contributed by atoms with Gasteiger partial charge < -0.3 is 9.57 Å². The minimum atomic E-state index is -0.0810. The van der Waals surface area contributed by atoms with E-state index in [4.69, 9.17) is 9.57 Å². The number of likely N-dealkylation sites (tertiary alicyclic amines) is 1. The number of hydrogen-bond donors (Lipinski definition) is 0. The van der Waals surface area contributed by atoms with Gasteiger partial charge in [-0.3, -0.25) is 9.69 Å². The van der Waals surface area contributed by atoms with Crippen LogP contribution in [0.2, 0.25) is 0 Å². The van der Waals surface area contributed by atoms with Crippen LogP contribution < -0.4 is 0 Å². The summed E-state index contributed by atoms with van der Waals surface area (Å²) in [7, 11) is 0. The van der Waals surface area contributed by atoms with Crippen LogP contribution in [0.3, 0.4) is 0 Å². The van der Waals surface area contributed by atoms with Crippen LogP contribution in [0, 0.1) is 19.8 Å². The highest BCUT2D eigenvalue weighted by Crippen LogP contribution is 2.19. The number of carbonyl (C=O) groups is 1.